The van der Waals surface area contributed by atoms with E-state index in [0.29, 0.717) is 35.1 Å². The third-order valence-electron chi connectivity index (χ3n) is 6.78. The Morgan fingerprint density at radius 2 is 1.97 bits per heavy atom. The van der Waals surface area contributed by atoms with Crippen LogP contribution in [0.5, 0.6) is 5.75 Å². The second kappa shape index (κ2) is 6.22. The maximum absolute atomic E-state index is 12.7. The molecule has 5 aliphatic rings. The molecule has 5 fully saturated rings. The first-order valence-corrected chi connectivity index (χ1v) is 10.0. The molecule has 7 nitrogen and oxygen atoms in total. The fourth-order valence-corrected chi connectivity index (χ4v) is 5.14. The van der Waals surface area contributed by atoms with E-state index in [1.165, 1.54) is 18.9 Å². The van der Waals surface area contributed by atoms with Gasteiger partial charge in [-0.05, 0) is 42.7 Å². The minimum absolute atomic E-state index is 0.0715. The number of alkyl halides is 2. The van der Waals surface area contributed by atoms with Crippen LogP contribution in [0.15, 0.2) is 18.3 Å². The number of hydrogen-bond donors (Lipinski definition) is 1. The summed E-state index contributed by atoms with van der Waals surface area (Å²) >= 11 is 0. The third-order valence-corrected chi connectivity index (χ3v) is 6.78. The van der Waals surface area contributed by atoms with Crippen LogP contribution in [0.3, 0.4) is 0 Å². The lowest BCUT2D eigenvalue weighted by Crippen LogP contribution is -2.30. The zero-order chi connectivity index (χ0) is 19.7. The van der Waals surface area contributed by atoms with E-state index >= 15 is 0 Å². The minimum atomic E-state index is -2.96. The summed E-state index contributed by atoms with van der Waals surface area (Å²) in [7, 11) is 0. The van der Waals surface area contributed by atoms with Crippen molar-refractivity contribution in [1.82, 2.24) is 15.0 Å². The molecule has 152 valence electrons. The van der Waals surface area contributed by atoms with Gasteiger partial charge in [-0.15, -0.1) is 0 Å². The van der Waals surface area contributed by atoms with Crippen LogP contribution in [0.1, 0.15) is 24.5 Å². The molecule has 2 N–H and O–H groups in total. The highest BCUT2D eigenvalue weighted by Gasteiger charge is 2.56. The molecule has 3 saturated heterocycles. The van der Waals surface area contributed by atoms with Gasteiger partial charge in [0.1, 0.15) is 0 Å². The first-order valence-electron chi connectivity index (χ1n) is 10.0. The van der Waals surface area contributed by atoms with Crippen LogP contribution < -0.4 is 15.4 Å². The maximum Gasteiger partial charge on any atom is 0.387 e. The topological polar surface area (TPSA) is 86.4 Å². The van der Waals surface area contributed by atoms with Gasteiger partial charge in [-0.3, -0.25) is 0 Å². The van der Waals surface area contributed by atoms with Crippen molar-refractivity contribution in [1.29, 1.82) is 0 Å². The lowest BCUT2D eigenvalue weighted by molar-refractivity contribution is -0.0494. The highest BCUT2D eigenvalue weighted by atomic mass is 19.3. The molecule has 0 radical (unpaired) electrons. The van der Waals surface area contributed by atoms with Gasteiger partial charge in [-0.1, -0.05) is 0 Å². The number of nitrogens with two attached hydrogens (primary N) is 1. The van der Waals surface area contributed by atoms with E-state index in [1.807, 2.05) is 6.07 Å². The summed E-state index contributed by atoms with van der Waals surface area (Å²) in [4.78, 5) is 16.0. The van der Waals surface area contributed by atoms with Gasteiger partial charge in [0.05, 0.1) is 24.6 Å². The second-order valence-electron chi connectivity index (χ2n) is 8.50. The van der Waals surface area contributed by atoms with Gasteiger partial charge in [0.2, 0.25) is 5.95 Å². The van der Waals surface area contributed by atoms with Crippen LogP contribution in [0.4, 0.5) is 20.5 Å². The number of nitrogens with zero attached hydrogens (tertiary/aromatic N) is 4. The van der Waals surface area contributed by atoms with E-state index in [2.05, 4.69) is 14.6 Å². The number of hydrogen-bond acceptors (Lipinski definition) is 7. The lowest BCUT2D eigenvalue weighted by Gasteiger charge is -2.26. The number of fused-ring (bicyclic) bond motifs is 2. The third kappa shape index (κ3) is 2.82. The number of nitrogen functional groups attached to an aromatic ring is 1. The molecular weight excluding hydrogens is 380 g/mol. The molecule has 2 atom stereocenters. The molecule has 2 aliphatic carbocycles. The van der Waals surface area contributed by atoms with E-state index in [-0.39, 0.29) is 11.6 Å². The Hall–Kier alpha value is -2.55. The number of ether oxygens (including phenoxy) is 2. The second-order valence-corrected chi connectivity index (χ2v) is 8.50. The molecule has 29 heavy (non-hydrogen) atoms. The molecule has 5 heterocycles. The normalized spacial score (nSPS) is 31.7. The Bertz CT molecular complexity index is 958. The maximum atomic E-state index is 12.7. The Morgan fingerprint density at radius 1 is 1.17 bits per heavy atom. The van der Waals surface area contributed by atoms with Crippen molar-refractivity contribution in [2.75, 3.05) is 30.4 Å². The van der Waals surface area contributed by atoms with Gasteiger partial charge in [-0.2, -0.15) is 8.78 Å². The van der Waals surface area contributed by atoms with Crippen LogP contribution in [0.2, 0.25) is 0 Å². The molecule has 2 saturated carbocycles. The number of anilines is 2. The van der Waals surface area contributed by atoms with Crippen LogP contribution >= 0.6 is 0 Å². The molecule has 7 rings (SSSR count). The fraction of sp³-hybridized carbons (Fsp3) is 0.550. The van der Waals surface area contributed by atoms with Gasteiger partial charge in [0.15, 0.2) is 11.6 Å². The summed E-state index contributed by atoms with van der Waals surface area (Å²) in [5.41, 5.74) is 7.95. The number of rotatable bonds is 5. The molecule has 2 unspecified atom stereocenters. The predicted molar refractivity (Wildman–Crippen MR) is 101 cm³/mol. The summed E-state index contributed by atoms with van der Waals surface area (Å²) in [5.74, 6) is 2.65. The number of pyridine rings is 1. The summed E-state index contributed by atoms with van der Waals surface area (Å²) < 4.78 is 35.5. The Morgan fingerprint density at radius 3 is 2.66 bits per heavy atom. The predicted octanol–water partition coefficient (Wildman–Crippen LogP) is 2.68. The highest BCUT2D eigenvalue weighted by molar-refractivity contribution is 5.66. The molecular formula is C20H21F2N5O2. The smallest absolute Gasteiger partial charge is 0.387 e. The van der Waals surface area contributed by atoms with Crippen molar-refractivity contribution in [2.45, 2.75) is 31.4 Å². The van der Waals surface area contributed by atoms with Gasteiger partial charge in [0, 0.05) is 30.3 Å². The number of halogens is 2. The van der Waals surface area contributed by atoms with E-state index in [4.69, 9.17) is 20.4 Å². The Balaban J connectivity index is 1.40. The number of aromatic nitrogens is 3. The van der Waals surface area contributed by atoms with Crippen molar-refractivity contribution in [3.8, 4) is 17.0 Å². The first-order chi connectivity index (χ1) is 14.1. The molecule has 2 aromatic heterocycles. The summed E-state index contributed by atoms with van der Waals surface area (Å²) in [6, 6.07) is 3.93. The van der Waals surface area contributed by atoms with E-state index in [1.54, 1.807) is 6.20 Å². The van der Waals surface area contributed by atoms with Crippen LogP contribution in [-0.2, 0) is 4.74 Å². The highest BCUT2D eigenvalue weighted by Crippen LogP contribution is 2.57. The SMILES string of the molecule is Nc1ncc(-c2cc(C3C4COCC43)nc(N3CC4CC3C4)n2)cc1OC(F)F. The van der Waals surface area contributed by atoms with E-state index in [9.17, 15) is 8.78 Å². The van der Waals surface area contributed by atoms with E-state index in [0.717, 1.165) is 37.3 Å². The molecule has 9 heteroatoms. The van der Waals surface area contributed by atoms with Gasteiger partial charge in [-0.25, -0.2) is 15.0 Å². The minimum Gasteiger partial charge on any atom is -0.431 e. The molecule has 3 aliphatic heterocycles. The fourth-order valence-electron chi connectivity index (χ4n) is 5.14. The van der Waals surface area contributed by atoms with Crippen molar-refractivity contribution >= 4 is 11.8 Å². The van der Waals surface area contributed by atoms with E-state index < -0.39 is 6.61 Å². The molecule has 0 spiro atoms. The summed E-state index contributed by atoms with van der Waals surface area (Å²) in [6.07, 6.45) is 3.94. The van der Waals surface area contributed by atoms with Crippen LogP contribution in [0.25, 0.3) is 11.3 Å². The van der Waals surface area contributed by atoms with Crippen molar-refractivity contribution in [3.05, 3.63) is 24.0 Å². The van der Waals surface area contributed by atoms with Gasteiger partial charge in [0.25, 0.3) is 0 Å². The average molecular weight is 401 g/mol. The Kier molecular flexibility index (Phi) is 3.72. The molecule has 0 amide bonds. The molecule has 2 aromatic rings. The van der Waals surface area contributed by atoms with Gasteiger partial charge < -0.3 is 20.1 Å². The zero-order valence-corrected chi connectivity index (χ0v) is 15.7. The lowest BCUT2D eigenvalue weighted by atomic mass is 9.86. The van der Waals surface area contributed by atoms with Crippen molar-refractivity contribution < 1.29 is 18.3 Å². The first kappa shape index (κ1) is 17.3. The van der Waals surface area contributed by atoms with Crippen molar-refractivity contribution in [2.24, 2.45) is 17.8 Å². The van der Waals surface area contributed by atoms with Crippen molar-refractivity contribution in [3.63, 3.8) is 0 Å². The average Bonchev–Trinajstić information content (AvgIpc) is 3.10. The molecule has 0 aromatic carbocycles. The van der Waals surface area contributed by atoms with Crippen LogP contribution in [-0.4, -0.2) is 47.4 Å². The monoisotopic (exact) mass is 401 g/mol. The summed E-state index contributed by atoms with van der Waals surface area (Å²) in [5, 5.41) is 0. The standard InChI is InChI=1S/C20H21F2N5O2/c21-19(22)29-16-3-10(5-24-18(16)23)14-4-15(17-12-7-28-8-13(12)17)26-20(25-14)27-6-9-1-11(27)2-9/h3-5,9,11-13,17,19H,1-2,6-8H2,(H2,23,24). The van der Waals surface area contributed by atoms with Crippen LogP contribution in [0, 0.1) is 17.8 Å². The largest absolute Gasteiger partial charge is 0.431 e. The zero-order valence-electron chi connectivity index (χ0n) is 15.7. The van der Waals surface area contributed by atoms with Gasteiger partial charge >= 0.3 is 6.61 Å². The molecule has 2 bridgehead atoms. The summed E-state index contributed by atoms with van der Waals surface area (Å²) in [6.45, 7) is -0.441. The Labute approximate surface area is 166 Å². The quantitative estimate of drug-likeness (QED) is 0.824.